The SMILES string of the molecule is COC(C)(C)CC(=O)Nc1nc2cc(C(F)(F)F)cc(F)c2n1C1CCC1. The van der Waals surface area contributed by atoms with E-state index in [4.69, 9.17) is 4.74 Å². The molecule has 3 rings (SSSR count). The molecule has 5 nitrogen and oxygen atoms in total. The first-order chi connectivity index (χ1) is 12.5. The molecule has 148 valence electrons. The van der Waals surface area contributed by atoms with Gasteiger partial charge in [0.2, 0.25) is 11.9 Å². The topological polar surface area (TPSA) is 56.1 Å². The van der Waals surface area contributed by atoms with Crippen LogP contribution in [0.4, 0.5) is 23.5 Å². The van der Waals surface area contributed by atoms with Gasteiger partial charge in [0.25, 0.3) is 0 Å². The van der Waals surface area contributed by atoms with Gasteiger partial charge in [-0.05, 0) is 45.2 Å². The van der Waals surface area contributed by atoms with E-state index in [1.165, 1.54) is 11.7 Å². The van der Waals surface area contributed by atoms with E-state index >= 15 is 0 Å². The Morgan fingerprint density at radius 3 is 2.52 bits per heavy atom. The van der Waals surface area contributed by atoms with Crippen LogP contribution in [0.15, 0.2) is 12.1 Å². The summed E-state index contributed by atoms with van der Waals surface area (Å²) in [5.74, 6) is -1.35. The summed E-state index contributed by atoms with van der Waals surface area (Å²) in [6.45, 7) is 3.47. The number of methoxy groups -OCH3 is 1. The Hall–Kier alpha value is -2.16. The highest BCUT2D eigenvalue weighted by Gasteiger charge is 2.34. The third-order valence-corrected chi connectivity index (χ3v) is 4.90. The molecular weight excluding hydrogens is 366 g/mol. The zero-order valence-electron chi connectivity index (χ0n) is 15.3. The highest BCUT2D eigenvalue weighted by Crippen LogP contribution is 2.40. The summed E-state index contributed by atoms with van der Waals surface area (Å²) in [6.07, 6.45) is -2.23. The number of hydrogen-bond donors (Lipinski definition) is 1. The largest absolute Gasteiger partial charge is 0.416 e. The summed E-state index contributed by atoms with van der Waals surface area (Å²) < 4.78 is 60.2. The van der Waals surface area contributed by atoms with E-state index in [-0.39, 0.29) is 29.4 Å². The maximum absolute atomic E-state index is 14.5. The first-order valence-electron chi connectivity index (χ1n) is 8.65. The standard InChI is InChI=1S/C18H21F4N3O2/c1-17(2,27-3)9-14(26)24-16-23-13-8-10(18(20,21)22)7-12(19)15(13)25(16)11-5-4-6-11/h7-8,11H,4-6,9H2,1-3H3,(H,23,24,26). The number of nitrogens with zero attached hydrogens (tertiary/aromatic N) is 2. The molecule has 1 aromatic heterocycles. The molecule has 1 aliphatic rings. The fraction of sp³-hybridized carbons (Fsp3) is 0.556. The quantitative estimate of drug-likeness (QED) is 0.759. The number of carbonyl (C=O) groups is 1. The van der Waals surface area contributed by atoms with Crippen molar-refractivity contribution in [1.29, 1.82) is 0 Å². The molecule has 1 amide bonds. The number of hydrogen-bond acceptors (Lipinski definition) is 3. The minimum absolute atomic E-state index is 0.0194. The van der Waals surface area contributed by atoms with E-state index < -0.39 is 29.1 Å². The molecule has 0 atom stereocenters. The summed E-state index contributed by atoms with van der Waals surface area (Å²) in [4.78, 5) is 16.4. The van der Waals surface area contributed by atoms with E-state index in [9.17, 15) is 22.4 Å². The Labute approximate surface area is 153 Å². The number of fused-ring (bicyclic) bond motifs is 1. The number of alkyl halides is 3. The Bertz CT molecular complexity index is 870. The third kappa shape index (κ3) is 3.92. The lowest BCUT2D eigenvalue weighted by Crippen LogP contribution is -2.30. The van der Waals surface area contributed by atoms with Crippen molar-refractivity contribution >= 4 is 22.9 Å². The highest BCUT2D eigenvalue weighted by molar-refractivity contribution is 5.92. The number of carbonyl (C=O) groups excluding carboxylic acids is 1. The predicted molar refractivity (Wildman–Crippen MR) is 91.9 cm³/mol. The maximum atomic E-state index is 14.5. The lowest BCUT2D eigenvalue weighted by atomic mass is 9.92. The molecule has 0 spiro atoms. The van der Waals surface area contributed by atoms with Crippen LogP contribution in [0.25, 0.3) is 11.0 Å². The van der Waals surface area contributed by atoms with Crippen LogP contribution in [0.1, 0.15) is 51.1 Å². The van der Waals surface area contributed by atoms with Gasteiger partial charge < -0.3 is 9.30 Å². The lowest BCUT2D eigenvalue weighted by Gasteiger charge is -2.29. The second-order valence-electron chi connectivity index (χ2n) is 7.40. The molecule has 1 aliphatic carbocycles. The number of ether oxygens (including phenoxy) is 1. The van der Waals surface area contributed by atoms with Gasteiger partial charge >= 0.3 is 6.18 Å². The monoisotopic (exact) mass is 387 g/mol. The third-order valence-electron chi connectivity index (χ3n) is 4.90. The second kappa shape index (κ2) is 6.78. The van der Waals surface area contributed by atoms with Crippen LogP contribution >= 0.6 is 0 Å². The number of amides is 1. The molecule has 1 N–H and O–H groups in total. The Morgan fingerprint density at radius 1 is 1.33 bits per heavy atom. The lowest BCUT2D eigenvalue weighted by molar-refractivity contribution is -0.137. The number of halogens is 4. The van der Waals surface area contributed by atoms with Gasteiger partial charge in [0.15, 0.2) is 0 Å². The average Bonchev–Trinajstić information content (AvgIpc) is 2.82. The molecule has 27 heavy (non-hydrogen) atoms. The van der Waals surface area contributed by atoms with E-state index in [1.807, 2.05) is 0 Å². The number of nitrogens with one attached hydrogen (secondary N) is 1. The molecule has 1 fully saturated rings. The minimum atomic E-state index is -4.68. The van der Waals surface area contributed by atoms with Crippen LogP contribution < -0.4 is 5.32 Å². The first kappa shape index (κ1) is 19.6. The Balaban J connectivity index is 2.03. The van der Waals surface area contributed by atoms with Gasteiger partial charge in [-0.2, -0.15) is 13.2 Å². The van der Waals surface area contributed by atoms with Crippen molar-refractivity contribution < 1.29 is 27.1 Å². The van der Waals surface area contributed by atoms with Crippen LogP contribution in [0.3, 0.4) is 0 Å². The van der Waals surface area contributed by atoms with Gasteiger partial charge in [0, 0.05) is 13.2 Å². The number of imidazole rings is 1. The minimum Gasteiger partial charge on any atom is -0.378 e. The summed E-state index contributed by atoms with van der Waals surface area (Å²) in [5.41, 5.74) is -1.97. The first-order valence-corrected chi connectivity index (χ1v) is 8.65. The average molecular weight is 387 g/mol. The van der Waals surface area contributed by atoms with Crippen molar-refractivity contribution in [2.45, 2.75) is 57.3 Å². The normalized spacial score (nSPS) is 15.8. The maximum Gasteiger partial charge on any atom is 0.416 e. The van der Waals surface area contributed by atoms with Crippen molar-refractivity contribution in [3.63, 3.8) is 0 Å². The van der Waals surface area contributed by atoms with E-state index in [2.05, 4.69) is 10.3 Å². The van der Waals surface area contributed by atoms with E-state index in [1.54, 1.807) is 13.8 Å². The molecule has 0 unspecified atom stereocenters. The molecule has 1 aromatic carbocycles. The van der Waals surface area contributed by atoms with Crippen LogP contribution in [0, 0.1) is 5.82 Å². The molecule has 0 saturated heterocycles. The van der Waals surface area contributed by atoms with Gasteiger partial charge in [-0.25, -0.2) is 9.37 Å². The van der Waals surface area contributed by atoms with E-state index in [0.717, 1.165) is 25.3 Å². The van der Waals surface area contributed by atoms with Crippen molar-refractivity contribution in [1.82, 2.24) is 9.55 Å². The van der Waals surface area contributed by atoms with Crippen molar-refractivity contribution in [3.05, 3.63) is 23.5 Å². The van der Waals surface area contributed by atoms with Crippen LogP contribution in [-0.4, -0.2) is 28.2 Å². The summed E-state index contributed by atoms with van der Waals surface area (Å²) >= 11 is 0. The molecule has 0 aliphatic heterocycles. The fourth-order valence-electron chi connectivity index (χ4n) is 3.06. The van der Waals surface area contributed by atoms with Gasteiger partial charge in [0.05, 0.1) is 23.1 Å². The molecule has 0 bridgehead atoms. The molecule has 1 saturated carbocycles. The second-order valence-corrected chi connectivity index (χ2v) is 7.40. The van der Waals surface area contributed by atoms with Gasteiger partial charge in [0.1, 0.15) is 11.3 Å². The molecule has 0 radical (unpaired) electrons. The molecule has 2 aromatic rings. The number of rotatable bonds is 5. The molecule has 1 heterocycles. The highest BCUT2D eigenvalue weighted by atomic mass is 19.4. The summed E-state index contributed by atoms with van der Waals surface area (Å²) in [7, 11) is 1.48. The smallest absolute Gasteiger partial charge is 0.378 e. The Kier molecular flexibility index (Phi) is 4.92. The predicted octanol–water partition coefficient (Wildman–Crippen LogP) is 4.67. The molecular formula is C18H21F4N3O2. The summed E-state index contributed by atoms with van der Waals surface area (Å²) in [5, 5.41) is 2.61. The van der Waals surface area contributed by atoms with Crippen LogP contribution in [-0.2, 0) is 15.7 Å². The number of benzene rings is 1. The fourth-order valence-corrected chi connectivity index (χ4v) is 3.06. The van der Waals surface area contributed by atoms with Crippen molar-refractivity contribution in [2.75, 3.05) is 12.4 Å². The number of aromatic nitrogens is 2. The summed E-state index contributed by atoms with van der Waals surface area (Å²) in [6, 6.07) is 1.17. The van der Waals surface area contributed by atoms with Gasteiger partial charge in [-0.1, -0.05) is 0 Å². The zero-order valence-corrected chi connectivity index (χ0v) is 15.3. The van der Waals surface area contributed by atoms with Crippen molar-refractivity contribution in [2.24, 2.45) is 0 Å². The van der Waals surface area contributed by atoms with Gasteiger partial charge in [-0.15, -0.1) is 0 Å². The molecule has 9 heteroatoms. The zero-order chi connectivity index (χ0) is 20.0. The van der Waals surface area contributed by atoms with Crippen LogP contribution in [0.2, 0.25) is 0 Å². The van der Waals surface area contributed by atoms with E-state index in [0.29, 0.717) is 6.07 Å². The number of anilines is 1. The van der Waals surface area contributed by atoms with Crippen LogP contribution in [0.5, 0.6) is 0 Å². The van der Waals surface area contributed by atoms with Crippen molar-refractivity contribution in [3.8, 4) is 0 Å². The van der Waals surface area contributed by atoms with Gasteiger partial charge in [-0.3, -0.25) is 10.1 Å². The Morgan fingerprint density at radius 2 is 2.00 bits per heavy atom.